The first-order valence-electron chi connectivity index (χ1n) is 7.79. The Hall–Kier alpha value is -0.370. The third-order valence-electron chi connectivity index (χ3n) is 4.62. The predicted molar refractivity (Wildman–Crippen MR) is 75.6 cm³/mol. The Kier molecular flexibility index (Phi) is 4.47. The van der Waals surface area contributed by atoms with E-state index in [9.17, 15) is 4.79 Å². The lowest BCUT2D eigenvalue weighted by Crippen LogP contribution is -2.42. The van der Waals surface area contributed by atoms with Gasteiger partial charge in [-0.15, -0.1) is 0 Å². The maximum absolute atomic E-state index is 12.5. The summed E-state index contributed by atoms with van der Waals surface area (Å²) in [5.41, 5.74) is -0.0691. The van der Waals surface area contributed by atoms with Crippen molar-refractivity contribution in [2.45, 2.75) is 59.3 Å². The highest BCUT2D eigenvalue weighted by Crippen LogP contribution is 2.36. The highest BCUT2D eigenvalue weighted by Gasteiger charge is 2.38. The Morgan fingerprint density at radius 2 is 1.94 bits per heavy atom. The van der Waals surface area contributed by atoms with Crippen molar-refractivity contribution in [2.24, 2.45) is 17.3 Å². The molecule has 2 nitrogen and oxygen atoms in total. The van der Waals surface area contributed by atoms with Crippen LogP contribution in [0.15, 0.2) is 0 Å². The predicted octanol–water partition coefficient (Wildman–Crippen LogP) is 3.50. The van der Waals surface area contributed by atoms with Crippen molar-refractivity contribution >= 4 is 5.78 Å². The molecule has 0 aromatic rings. The number of carbonyl (C=O) groups is 1. The van der Waals surface area contributed by atoms with Gasteiger partial charge in [-0.3, -0.25) is 4.79 Å². The van der Waals surface area contributed by atoms with Crippen molar-refractivity contribution in [3.05, 3.63) is 0 Å². The first-order chi connectivity index (χ1) is 8.53. The van der Waals surface area contributed by atoms with Crippen molar-refractivity contribution in [3.63, 3.8) is 0 Å². The summed E-state index contributed by atoms with van der Waals surface area (Å²) < 4.78 is 0. The van der Waals surface area contributed by atoms with Crippen LogP contribution in [-0.4, -0.2) is 30.3 Å². The Morgan fingerprint density at radius 1 is 1.22 bits per heavy atom. The monoisotopic (exact) mass is 251 g/mol. The summed E-state index contributed by atoms with van der Waals surface area (Å²) in [6.45, 7) is 9.93. The number of carbonyl (C=O) groups excluding carboxylic acids is 1. The minimum atomic E-state index is -0.0691. The number of nitrogens with zero attached hydrogens (tertiary/aromatic N) is 1. The van der Waals surface area contributed by atoms with Crippen LogP contribution < -0.4 is 0 Å². The lowest BCUT2D eigenvalue weighted by atomic mass is 9.71. The lowest BCUT2D eigenvalue weighted by Gasteiger charge is -2.36. The Bertz CT molecular complexity index is 293. The van der Waals surface area contributed by atoms with Crippen LogP contribution in [0.5, 0.6) is 0 Å². The summed E-state index contributed by atoms with van der Waals surface area (Å²) in [6, 6.07) is 0. The smallest absolute Gasteiger partial charge is 0.142 e. The quantitative estimate of drug-likeness (QED) is 0.720. The van der Waals surface area contributed by atoms with E-state index in [4.69, 9.17) is 0 Å². The molecule has 104 valence electrons. The fourth-order valence-corrected chi connectivity index (χ4v) is 3.32. The molecule has 2 rings (SSSR count). The normalized spacial score (nSPS) is 27.8. The van der Waals surface area contributed by atoms with Gasteiger partial charge in [-0.1, -0.05) is 27.2 Å². The molecule has 0 bridgehead atoms. The van der Waals surface area contributed by atoms with Crippen molar-refractivity contribution in [1.82, 2.24) is 4.90 Å². The van der Waals surface area contributed by atoms with Crippen LogP contribution in [0.2, 0.25) is 0 Å². The molecular formula is C16H29NO. The van der Waals surface area contributed by atoms with Crippen molar-refractivity contribution in [3.8, 4) is 0 Å². The maximum atomic E-state index is 12.5. The van der Waals surface area contributed by atoms with Gasteiger partial charge in [0.25, 0.3) is 0 Å². The van der Waals surface area contributed by atoms with Gasteiger partial charge in [0.15, 0.2) is 0 Å². The summed E-state index contributed by atoms with van der Waals surface area (Å²) in [7, 11) is 0. The fourth-order valence-electron chi connectivity index (χ4n) is 3.32. The van der Waals surface area contributed by atoms with Gasteiger partial charge in [-0.05, 0) is 44.6 Å². The molecule has 0 heterocycles. The molecular weight excluding hydrogens is 222 g/mol. The second kappa shape index (κ2) is 5.73. The lowest BCUT2D eigenvalue weighted by molar-refractivity contribution is -0.135. The zero-order valence-corrected chi connectivity index (χ0v) is 12.4. The molecule has 2 aliphatic carbocycles. The fraction of sp³-hybridized carbons (Fsp3) is 0.938. The minimum Gasteiger partial charge on any atom is -0.302 e. The van der Waals surface area contributed by atoms with E-state index in [1.807, 2.05) is 0 Å². The van der Waals surface area contributed by atoms with E-state index in [0.717, 1.165) is 25.3 Å². The summed E-state index contributed by atoms with van der Waals surface area (Å²) in [5, 5.41) is 0. The molecule has 0 amide bonds. The average molecular weight is 251 g/mol. The second-order valence-corrected chi connectivity index (χ2v) is 7.04. The molecule has 0 radical (unpaired) electrons. The van der Waals surface area contributed by atoms with Gasteiger partial charge in [0.2, 0.25) is 0 Å². The average Bonchev–Trinajstić information content (AvgIpc) is 3.09. The van der Waals surface area contributed by atoms with Crippen LogP contribution in [-0.2, 0) is 4.79 Å². The molecule has 2 saturated carbocycles. The van der Waals surface area contributed by atoms with Crippen molar-refractivity contribution in [2.75, 3.05) is 19.6 Å². The number of hydrogen-bond acceptors (Lipinski definition) is 2. The largest absolute Gasteiger partial charge is 0.302 e. The van der Waals surface area contributed by atoms with Crippen LogP contribution in [0.1, 0.15) is 59.3 Å². The molecule has 2 heteroatoms. The first-order valence-corrected chi connectivity index (χ1v) is 7.79. The molecule has 2 aliphatic rings. The van der Waals surface area contributed by atoms with Crippen LogP contribution >= 0.6 is 0 Å². The molecule has 0 N–H and O–H groups in total. The molecule has 0 aliphatic heterocycles. The molecule has 1 atom stereocenters. The maximum Gasteiger partial charge on any atom is 0.142 e. The van der Waals surface area contributed by atoms with E-state index in [1.165, 1.54) is 38.8 Å². The van der Waals surface area contributed by atoms with E-state index >= 15 is 0 Å². The van der Waals surface area contributed by atoms with E-state index in [2.05, 4.69) is 25.7 Å². The molecule has 18 heavy (non-hydrogen) atoms. The van der Waals surface area contributed by atoms with Gasteiger partial charge in [0, 0.05) is 24.4 Å². The van der Waals surface area contributed by atoms with E-state index < -0.39 is 0 Å². The van der Waals surface area contributed by atoms with Gasteiger partial charge in [-0.25, -0.2) is 0 Å². The van der Waals surface area contributed by atoms with Gasteiger partial charge in [0.05, 0.1) is 0 Å². The zero-order chi connectivity index (χ0) is 13.2. The standard InChI is InChI=1S/C16H29NO/c1-4-10-17(11-13-7-8-13)12-14-6-5-9-16(2,3)15(14)18/h13-14H,4-12H2,1-3H3. The second-order valence-electron chi connectivity index (χ2n) is 7.04. The van der Waals surface area contributed by atoms with E-state index in [0.29, 0.717) is 11.7 Å². The highest BCUT2D eigenvalue weighted by molar-refractivity contribution is 5.87. The molecule has 0 aromatic carbocycles. The third-order valence-corrected chi connectivity index (χ3v) is 4.62. The summed E-state index contributed by atoms with van der Waals surface area (Å²) in [6.07, 6.45) is 7.45. The number of hydrogen-bond donors (Lipinski definition) is 0. The number of Topliss-reactive ketones (excluding diaryl/α,β-unsaturated/α-hetero) is 1. The number of rotatable bonds is 6. The third kappa shape index (κ3) is 3.57. The summed E-state index contributed by atoms with van der Waals surface area (Å²) >= 11 is 0. The van der Waals surface area contributed by atoms with E-state index in [-0.39, 0.29) is 5.41 Å². The molecule has 0 spiro atoms. The van der Waals surface area contributed by atoms with Crippen LogP contribution in [0.3, 0.4) is 0 Å². The van der Waals surface area contributed by atoms with E-state index in [1.54, 1.807) is 0 Å². The minimum absolute atomic E-state index is 0.0691. The van der Waals surface area contributed by atoms with Crippen LogP contribution in [0.4, 0.5) is 0 Å². The summed E-state index contributed by atoms with van der Waals surface area (Å²) in [5.74, 6) is 1.76. The van der Waals surface area contributed by atoms with Gasteiger partial charge in [-0.2, -0.15) is 0 Å². The Morgan fingerprint density at radius 3 is 2.56 bits per heavy atom. The van der Waals surface area contributed by atoms with Crippen LogP contribution in [0.25, 0.3) is 0 Å². The molecule has 1 unspecified atom stereocenters. The molecule has 2 fully saturated rings. The SMILES string of the molecule is CCCN(CC1CC1)CC1CCCC(C)(C)C1=O. The number of ketones is 1. The van der Waals surface area contributed by atoms with Crippen molar-refractivity contribution < 1.29 is 4.79 Å². The van der Waals surface area contributed by atoms with Gasteiger partial charge in [0.1, 0.15) is 5.78 Å². The molecule has 0 saturated heterocycles. The van der Waals surface area contributed by atoms with Gasteiger partial charge < -0.3 is 4.90 Å². The Balaban J connectivity index is 1.90. The van der Waals surface area contributed by atoms with Gasteiger partial charge >= 0.3 is 0 Å². The first kappa shape index (κ1) is 14.0. The Labute approximate surface area is 112 Å². The van der Waals surface area contributed by atoms with Crippen molar-refractivity contribution in [1.29, 1.82) is 0 Å². The summed E-state index contributed by atoms with van der Waals surface area (Å²) in [4.78, 5) is 15.0. The van der Waals surface area contributed by atoms with Crippen LogP contribution in [0, 0.1) is 17.3 Å². The molecule has 0 aromatic heterocycles. The highest BCUT2D eigenvalue weighted by atomic mass is 16.1. The topological polar surface area (TPSA) is 20.3 Å². The zero-order valence-electron chi connectivity index (χ0n) is 12.4.